The number of rotatable bonds is 4. The second kappa shape index (κ2) is 4.90. The van der Waals surface area contributed by atoms with Crippen LogP contribution in [0.1, 0.15) is 39.5 Å². The molecule has 1 rings (SSSR count). The lowest BCUT2D eigenvalue weighted by molar-refractivity contribution is -0.120. The highest BCUT2D eigenvalue weighted by atomic mass is 32.2. The molecule has 12 heavy (non-hydrogen) atoms. The highest BCUT2D eigenvalue weighted by Gasteiger charge is 2.23. The number of carbonyl (C=O) groups excluding carboxylic acids is 1. The Morgan fingerprint density at radius 2 is 2.33 bits per heavy atom. The summed E-state index contributed by atoms with van der Waals surface area (Å²) >= 11 is 1.97. The maximum absolute atomic E-state index is 11.2. The Bertz CT molecular complexity index is 154. The third-order valence-electron chi connectivity index (χ3n) is 2.35. The first-order valence-electron chi connectivity index (χ1n) is 4.84. The van der Waals surface area contributed by atoms with Gasteiger partial charge in [-0.1, -0.05) is 13.8 Å². The average Bonchev–Trinajstić information content (AvgIpc) is 2.36. The molecule has 1 unspecified atom stereocenters. The van der Waals surface area contributed by atoms with Gasteiger partial charge in [-0.25, -0.2) is 0 Å². The molecule has 0 amide bonds. The van der Waals surface area contributed by atoms with E-state index in [1.54, 1.807) is 0 Å². The van der Waals surface area contributed by atoms with Crippen LogP contribution in [0.2, 0.25) is 0 Å². The van der Waals surface area contributed by atoms with Crippen LogP contribution < -0.4 is 0 Å². The third kappa shape index (κ3) is 3.18. The van der Waals surface area contributed by atoms with Gasteiger partial charge < -0.3 is 0 Å². The summed E-state index contributed by atoms with van der Waals surface area (Å²) in [6.07, 6.45) is 4.24. The Morgan fingerprint density at radius 1 is 1.58 bits per heavy atom. The van der Waals surface area contributed by atoms with Gasteiger partial charge in [0.15, 0.2) is 0 Å². The zero-order chi connectivity index (χ0) is 8.97. The average molecular weight is 186 g/mol. The predicted molar refractivity (Wildman–Crippen MR) is 54.6 cm³/mol. The minimum absolute atomic E-state index is 0.413. The summed E-state index contributed by atoms with van der Waals surface area (Å²) in [7, 11) is 0. The maximum atomic E-state index is 11.2. The van der Waals surface area contributed by atoms with Gasteiger partial charge in [-0.3, -0.25) is 4.79 Å². The zero-order valence-corrected chi connectivity index (χ0v) is 8.82. The minimum atomic E-state index is 0.413. The second-order valence-electron chi connectivity index (χ2n) is 3.76. The molecule has 0 aromatic heterocycles. The fraction of sp³-hybridized carbons (Fsp3) is 0.900. The number of carbonyl (C=O) groups is 1. The zero-order valence-electron chi connectivity index (χ0n) is 8.01. The smallest absolute Gasteiger partial charge is 0.136 e. The standard InChI is InChI=1S/C10H18OS/c1-8(2)12-7-6-9-4-3-5-10(9)11/h8-9H,3-7H2,1-2H3. The lowest BCUT2D eigenvalue weighted by Gasteiger charge is -2.08. The molecule has 0 bridgehead atoms. The largest absolute Gasteiger partial charge is 0.299 e. The summed E-state index contributed by atoms with van der Waals surface area (Å²) in [5.74, 6) is 2.09. The second-order valence-corrected chi connectivity index (χ2v) is 5.45. The minimum Gasteiger partial charge on any atom is -0.299 e. The number of hydrogen-bond acceptors (Lipinski definition) is 2. The van der Waals surface area contributed by atoms with Crippen LogP contribution in [0.25, 0.3) is 0 Å². The molecule has 1 aliphatic carbocycles. The van der Waals surface area contributed by atoms with E-state index in [0.717, 1.165) is 31.4 Å². The Kier molecular flexibility index (Phi) is 4.13. The van der Waals surface area contributed by atoms with Gasteiger partial charge in [0.1, 0.15) is 5.78 Å². The van der Waals surface area contributed by atoms with Crippen molar-refractivity contribution in [3.63, 3.8) is 0 Å². The van der Waals surface area contributed by atoms with E-state index in [-0.39, 0.29) is 0 Å². The van der Waals surface area contributed by atoms with Crippen molar-refractivity contribution in [3.05, 3.63) is 0 Å². The summed E-state index contributed by atoms with van der Waals surface area (Å²) in [5, 5.41) is 0.710. The van der Waals surface area contributed by atoms with Gasteiger partial charge in [-0.2, -0.15) is 11.8 Å². The van der Waals surface area contributed by atoms with Gasteiger partial charge in [0.2, 0.25) is 0 Å². The van der Waals surface area contributed by atoms with Crippen molar-refractivity contribution in [2.45, 2.75) is 44.8 Å². The molecule has 70 valence electrons. The third-order valence-corrected chi connectivity index (χ3v) is 3.49. The van der Waals surface area contributed by atoms with Crippen LogP contribution in [0.3, 0.4) is 0 Å². The van der Waals surface area contributed by atoms with Crippen molar-refractivity contribution >= 4 is 17.5 Å². The first-order valence-corrected chi connectivity index (χ1v) is 5.89. The summed E-state index contributed by atoms with van der Waals surface area (Å²) < 4.78 is 0. The van der Waals surface area contributed by atoms with Crippen molar-refractivity contribution in [1.82, 2.24) is 0 Å². The SMILES string of the molecule is CC(C)SCCC1CCCC1=O. The van der Waals surface area contributed by atoms with Gasteiger partial charge in [0.05, 0.1) is 0 Å². The summed E-state index contributed by atoms with van der Waals surface area (Å²) in [4.78, 5) is 11.2. The topological polar surface area (TPSA) is 17.1 Å². The van der Waals surface area contributed by atoms with Crippen molar-refractivity contribution in [2.24, 2.45) is 5.92 Å². The molecule has 1 fully saturated rings. The molecule has 0 saturated heterocycles. The maximum Gasteiger partial charge on any atom is 0.136 e. The molecule has 0 aliphatic heterocycles. The Hall–Kier alpha value is 0.0200. The molecule has 0 radical (unpaired) electrons. The predicted octanol–water partition coefficient (Wildman–Crippen LogP) is 2.89. The molecule has 1 saturated carbocycles. The number of ketones is 1. The quantitative estimate of drug-likeness (QED) is 0.671. The molecule has 1 aliphatic rings. The van der Waals surface area contributed by atoms with Crippen LogP contribution in [-0.4, -0.2) is 16.8 Å². The molecular weight excluding hydrogens is 168 g/mol. The number of thioether (sulfide) groups is 1. The van der Waals surface area contributed by atoms with Crippen molar-refractivity contribution in [3.8, 4) is 0 Å². The fourth-order valence-corrected chi connectivity index (χ4v) is 2.53. The molecule has 0 aromatic carbocycles. The highest BCUT2D eigenvalue weighted by Crippen LogP contribution is 2.26. The van der Waals surface area contributed by atoms with Crippen LogP contribution in [0.15, 0.2) is 0 Å². The van der Waals surface area contributed by atoms with Gasteiger partial charge >= 0.3 is 0 Å². The van der Waals surface area contributed by atoms with E-state index in [0.29, 0.717) is 17.0 Å². The molecule has 2 heteroatoms. The van der Waals surface area contributed by atoms with Crippen molar-refractivity contribution < 1.29 is 4.79 Å². The van der Waals surface area contributed by atoms with E-state index >= 15 is 0 Å². The Balaban J connectivity index is 2.10. The Morgan fingerprint density at radius 3 is 2.83 bits per heavy atom. The normalized spacial score (nSPS) is 23.9. The van der Waals surface area contributed by atoms with Gasteiger partial charge in [-0.05, 0) is 30.3 Å². The van der Waals surface area contributed by atoms with Crippen LogP contribution in [0.5, 0.6) is 0 Å². The van der Waals surface area contributed by atoms with E-state index in [2.05, 4.69) is 13.8 Å². The van der Waals surface area contributed by atoms with Gasteiger partial charge in [-0.15, -0.1) is 0 Å². The van der Waals surface area contributed by atoms with Crippen LogP contribution in [0, 0.1) is 5.92 Å². The molecule has 0 heterocycles. The summed E-state index contributed by atoms with van der Waals surface area (Å²) in [6, 6.07) is 0. The van der Waals surface area contributed by atoms with Gasteiger partial charge in [0.25, 0.3) is 0 Å². The van der Waals surface area contributed by atoms with Crippen LogP contribution in [0.4, 0.5) is 0 Å². The highest BCUT2D eigenvalue weighted by molar-refractivity contribution is 7.99. The first-order chi connectivity index (χ1) is 5.70. The first kappa shape index (κ1) is 10.1. The monoisotopic (exact) mass is 186 g/mol. The molecule has 0 N–H and O–H groups in total. The van der Waals surface area contributed by atoms with E-state index in [9.17, 15) is 4.79 Å². The van der Waals surface area contributed by atoms with Crippen LogP contribution in [-0.2, 0) is 4.79 Å². The van der Waals surface area contributed by atoms with Gasteiger partial charge in [0, 0.05) is 12.3 Å². The fourth-order valence-electron chi connectivity index (χ4n) is 1.64. The molecular formula is C10H18OS. The van der Waals surface area contributed by atoms with E-state index < -0.39 is 0 Å². The molecule has 1 nitrogen and oxygen atoms in total. The number of hydrogen-bond donors (Lipinski definition) is 0. The van der Waals surface area contributed by atoms with E-state index in [1.165, 1.54) is 0 Å². The molecule has 0 spiro atoms. The number of Topliss-reactive ketones (excluding diaryl/α,β-unsaturated/α-hetero) is 1. The lowest BCUT2D eigenvalue weighted by atomic mass is 10.1. The van der Waals surface area contributed by atoms with Crippen molar-refractivity contribution in [1.29, 1.82) is 0 Å². The summed E-state index contributed by atoms with van der Waals surface area (Å²) in [5.41, 5.74) is 0. The molecule has 1 atom stereocenters. The van der Waals surface area contributed by atoms with Crippen LogP contribution >= 0.6 is 11.8 Å². The molecule has 0 aromatic rings. The van der Waals surface area contributed by atoms with Crippen molar-refractivity contribution in [2.75, 3.05) is 5.75 Å². The summed E-state index contributed by atoms with van der Waals surface area (Å²) in [6.45, 7) is 4.42. The lowest BCUT2D eigenvalue weighted by Crippen LogP contribution is -2.07. The Labute approximate surface area is 79.3 Å². The van der Waals surface area contributed by atoms with E-state index in [4.69, 9.17) is 0 Å². The van der Waals surface area contributed by atoms with E-state index in [1.807, 2.05) is 11.8 Å².